The topological polar surface area (TPSA) is 32.3 Å². The predicted octanol–water partition coefficient (Wildman–Crippen LogP) is -2.61. The van der Waals surface area contributed by atoms with Gasteiger partial charge in [-0.1, -0.05) is 12.1 Å². The van der Waals surface area contributed by atoms with Crippen LogP contribution in [0.25, 0.3) is 0 Å². The van der Waals surface area contributed by atoms with Gasteiger partial charge in [-0.3, -0.25) is 0 Å². The molecule has 0 atom stereocenters. The SMILES string of the molecule is COc1cccc([O-])c1.[Br-].[Mg+2]. The van der Waals surface area contributed by atoms with Crippen molar-refractivity contribution in [3.8, 4) is 11.5 Å². The molecule has 56 valence electrons. The maximum Gasteiger partial charge on any atom is 2.00 e. The summed E-state index contributed by atoms with van der Waals surface area (Å²) in [6.45, 7) is 0. The van der Waals surface area contributed by atoms with Crippen LogP contribution in [-0.2, 0) is 0 Å². The van der Waals surface area contributed by atoms with Crippen LogP contribution in [0.3, 0.4) is 0 Å². The summed E-state index contributed by atoms with van der Waals surface area (Å²) in [6.07, 6.45) is 0. The summed E-state index contributed by atoms with van der Waals surface area (Å²) in [5, 5.41) is 10.6. The molecule has 0 unspecified atom stereocenters. The molecule has 11 heavy (non-hydrogen) atoms. The van der Waals surface area contributed by atoms with Crippen molar-refractivity contribution < 1.29 is 26.8 Å². The second-order valence-corrected chi connectivity index (χ2v) is 1.68. The fourth-order valence-electron chi connectivity index (χ4n) is 0.601. The van der Waals surface area contributed by atoms with Crippen LogP contribution in [0.2, 0.25) is 0 Å². The maximum absolute atomic E-state index is 10.6. The van der Waals surface area contributed by atoms with Gasteiger partial charge in [0.05, 0.1) is 7.11 Å². The van der Waals surface area contributed by atoms with E-state index < -0.39 is 0 Å². The van der Waals surface area contributed by atoms with E-state index >= 15 is 0 Å². The Morgan fingerprint density at radius 2 is 2.00 bits per heavy atom. The van der Waals surface area contributed by atoms with Gasteiger partial charge >= 0.3 is 23.1 Å². The average Bonchev–Trinajstić information content (AvgIpc) is 1.88. The molecule has 1 rings (SSSR count). The molecule has 1 aromatic carbocycles. The molecule has 0 bridgehead atoms. The molecule has 0 fully saturated rings. The van der Waals surface area contributed by atoms with Crippen LogP contribution in [0, 0.1) is 0 Å². The number of benzene rings is 1. The zero-order valence-corrected chi connectivity index (χ0v) is 9.21. The van der Waals surface area contributed by atoms with Crippen molar-refractivity contribution in [3.05, 3.63) is 24.3 Å². The van der Waals surface area contributed by atoms with Crippen LogP contribution in [0.15, 0.2) is 24.3 Å². The van der Waals surface area contributed by atoms with Crippen LogP contribution in [0.4, 0.5) is 0 Å². The first-order chi connectivity index (χ1) is 4.33. The van der Waals surface area contributed by atoms with Crippen molar-refractivity contribution in [1.29, 1.82) is 0 Å². The van der Waals surface area contributed by atoms with E-state index in [2.05, 4.69) is 0 Å². The van der Waals surface area contributed by atoms with Crippen molar-refractivity contribution >= 4 is 23.1 Å². The summed E-state index contributed by atoms with van der Waals surface area (Å²) in [7, 11) is 1.54. The van der Waals surface area contributed by atoms with E-state index in [0.717, 1.165) is 0 Å². The second kappa shape index (κ2) is 6.76. The Morgan fingerprint density at radius 3 is 2.36 bits per heavy atom. The van der Waals surface area contributed by atoms with E-state index in [9.17, 15) is 5.11 Å². The van der Waals surface area contributed by atoms with E-state index in [1.165, 1.54) is 19.2 Å². The van der Waals surface area contributed by atoms with Crippen LogP contribution in [0.1, 0.15) is 0 Å². The molecule has 0 aliphatic heterocycles. The second-order valence-electron chi connectivity index (χ2n) is 1.68. The van der Waals surface area contributed by atoms with Crippen molar-refractivity contribution in [2.75, 3.05) is 7.11 Å². The minimum Gasteiger partial charge on any atom is -1.00 e. The standard InChI is InChI=1S/C7H8O2.BrH.Mg/c1-9-7-4-2-3-6(8)5-7;;/h2-5,8H,1H3;1H;/q;;+2/p-2. The van der Waals surface area contributed by atoms with Crippen molar-refractivity contribution in [1.82, 2.24) is 0 Å². The molecule has 0 aliphatic carbocycles. The van der Waals surface area contributed by atoms with E-state index in [1.54, 1.807) is 12.1 Å². The van der Waals surface area contributed by atoms with E-state index in [1.807, 2.05) is 0 Å². The van der Waals surface area contributed by atoms with Gasteiger partial charge < -0.3 is 26.8 Å². The molecule has 0 saturated carbocycles. The van der Waals surface area contributed by atoms with E-state index in [0.29, 0.717) is 5.75 Å². The minimum absolute atomic E-state index is 0. The first kappa shape index (κ1) is 13.6. The van der Waals surface area contributed by atoms with Crippen LogP contribution >= 0.6 is 0 Å². The zero-order valence-electron chi connectivity index (χ0n) is 6.21. The third-order valence-electron chi connectivity index (χ3n) is 1.04. The number of halogens is 1. The third kappa shape index (κ3) is 4.50. The Hall–Kier alpha value is 0.0662. The van der Waals surface area contributed by atoms with Gasteiger partial charge in [-0.15, -0.1) is 5.75 Å². The number of methoxy groups -OCH3 is 1. The molecule has 0 saturated heterocycles. The molecule has 0 aliphatic rings. The summed E-state index contributed by atoms with van der Waals surface area (Å²) in [5.41, 5.74) is 0. The fourth-order valence-corrected chi connectivity index (χ4v) is 0.601. The Balaban J connectivity index is 0. The van der Waals surface area contributed by atoms with E-state index in [-0.39, 0.29) is 45.8 Å². The molecule has 1 aromatic rings. The molecule has 0 spiro atoms. The Morgan fingerprint density at radius 1 is 1.36 bits per heavy atom. The minimum atomic E-state index is -0.0191. The van der Waals surface area contributed by atoms with Gasteiger partial charge in [-0.25, -0.2) is 0 Å². The largest absolute Gasteiger partial charge is 2.00 e. The molecular formula is C7H7BrMgO2. The predicted molar refractivity (Wildman–Crippen MR) is 38.2 cm³/mol. The van der Waals surface area contributed by atoms with Gasteiger partial charge in [0.2, 0.25) is 0 Å². The summed E-state index contributed by atoms with van der Waals surface area (Å²) in [5.74, 6) is 0.594. The van der Waals surface area contributed by atoms with Crippen molar-refractivity contribution in [2.45, 2.75) is 0 Å². The molecular weight excluding hydrogens is 220 g/mol. The van der Waals surface area contributed by atoms with Gasteiger partial charge in [-0.2, -0.15) is 0 Å². The zero-order chi connectivity index (χ0) is 6.69. The summed E-state index contributed by atoms with van der Waals surface area (Å²) < 4.78 is 4.80. The maximum atomic E-state index is 10.6. The Bertz CT molecular complexity index is 205. The van der Waals surface area contributed by atoms with Crippen LogP contribution in [-0.4, -0.2) is 30.2 Å². The number of ether oxygens (including phenoxy) is 1. The van der Waals surface area contributed by atoms with Crippen LogP contribution in [0.5, 0.6) is 11.5 Å². The average molecular weight is 227 g/mol. The molecule has 0 heterocycles. The molecule has 0 N–H and O–H groups in total. The van der Waals surface area contributed by atoms with Crippen LogP contribution < -0.4 is 26.8 Å². The Kier molecular flexibility index (Phi) is 8.38. The third-order valence-corrected chi connectivity index (χ3v) is 1.04. The van der Waals surface area contributed by atoms with Gasteiger partial charge in [0.15, 0.2) is 0 Å². The normalized spacial score (nSPS) is 7.36. The Labute approximate surface area is 92.5 Å². The fraction of sp³-hybridized carbons (Fsp3) is 0.143. The summed E-state index contributed by atoms with van der Waals surface area (Å²) in [6, 6.07) is 6.34. The number of hydrogen-bond donors (Lipinski definition) is 0. The van der Waals surface area contributed by atoms with Gasteiger partial charge in [0.1, 0.15) is 5.75 Å². The number of hydrogen-bond acceptors (Lipinski definition) is 2. The van der Waals surface area contributed by atoms with Gasteiger partial charge in [-0.05, 0) is 12.1 Å². The molecule has 0 aromatic heterocycles. The summed E-state index contributed by atoms with van der Waals surface area (Å²) >= 11 is 0. The smallest absolute Gasteiger partial charge is 1.00 e. The molecule has 2 nitrogen and oxygen atoms in total. The number of rotatable bonds is 1. The first-order valence-corrected chi connectivity index (χ1v) is 2.64. The summed E-state index contributed by atoms with van der Waals surface area (Å²) in [4.78, 5) is 0. The molecule has 0 amide bonds. The van der Waals surface area contributed by atoms with E-state index in [4.69, 9.17) is 4.74 Å². The first-order valence-electron chi connectivity index (χ1n) is 2.64. The molecule has 0 radical (unpaired) electrons. The monoisotopic (exact) mass is 226 g/mol. The molecule has 4 heteroatoms. The van der Waals surface area contributed by atoms with Crippen molar-refractivity contribution in [3.63, 3.8) is 0 Å². The van der Waals surface area contributed by atoms with Gasteiger partial charge in [0, 0.05) is 0 Å². The van der Waals surface area contributed by atoms with Gasteiger partial charge in [0.25, 0.3) is 0 Å². The quantitative estimate of drug-likeness (QED) is 0.493. The van der Waals surface area contributed by atoms with Crippen molar-refractivity contribution in [2.24, 2.45) is 0 Å².